The average molecular weight is 369 g/mol. The second-order valence-corrected chi connectivity index (χ2v) is 7.06. The number of aromatic nitrogens is 3. The predicted octanol–water partition coefficient (Wildman–Crippen LogP) is 1.43. The molecule has 27 heavy (non-hydrogen) atoms. The third-order valence-electron chi connectivity index (χ3n) is 5.19. The number of fused-ring (bicyclic) bond motifs is 1. The van der Waals surface area contributed by atoms with Crippen molar-refractivity contribution in [1.82, 2.24) is 15.0 Å². The largest absolute Gasteiger partial charge is 0.477 e. The summed E-state index contributed by atoms with van der Waals surface area (Å²) in [4.78, 5) is 18.3. The maximum absolute atomic E-state index is 6.14. The van der Waals surface area contributed by atoms with E-state index in [0.29, 0.717) is 37.6 Å². The summed E-state index contributed by atoms with van der Waals surface area (Å²) in [5, 5.41) is 0. The van der Waals surface area contributed by atoms with Crippen LogP contribution in [0.1, 0.15) is 5.56 Å². The summed E-state index contributed by atoms with van der Waals surface area (Å²) in [5.41, 5.74) is 2.12. The Morgan fingerprint density at radius 3 is 2.74 bits per heavy atom. The molecule has 0 aromatic carbocycles. The van der Waals surface area contributed by atoms with Crippen LogP contribution in [0.5, 0.6) is 5.88 Å². The molecule has 2 saturated heterocycles. The lowest BCUT2D eigenvalue weighted by Crippen LogP contribution is -2.37. The van der Waals surface area contributed by atoms with Gasteiger partial charge in [-0.15, -0.1) is 0 Å². The van der Waals surface area contributed by atoms with Gasteiger partial charge in [-0.3, -0.25) is 4.98 Å². The third-order valence-corrected chi connectivity index (χ3v) is 5.19. The Bertz CT molecular complexity index is 793. The molecule has 0 N–H and O–H groups in total. The van der Waals surface area contributed by atoms with Crippen molar-refractivity contribution in [2.45, 2.75) is 6.42 Å². The summed E-state index contributed by atoms with van der Waals surface area (Å²) in [7, 11) is 0. The maximum Gasteiger partial charge on any atom is 0.230 e. The minimum Gasteiger partial charge on any atom is -0.477 e. The minimum atomic E-state index is 0.457. The summed E-state index contributed by atoms with van der Waals surface area (Å²) in [6, 6.07) is 4.01. The van der Waals surface area contributed by atoms with E-state index in [1.54, 1.807) is 6.20 Å². The molecule has 3 aliphatic rings. The van der Waals surface area contributed by atoms with Crippen molar-refractivity contribution in [3.05, 3.63) is 30.1 Å². The van der Waals surface area contributed by atoms with Crippen molar-refractivity contribution in [2.24, 2.45) is 5.92 Å². The van der Waals surface area contributed by atoms with E-state index in [-0.39, 0.29) is 0 Å². The Hall–Kier alpha value is -2.45. The number of ether oxygens (including phenoxy) is 3. The van der Waals surface area contributed by atoms with Crippen molar-refractivity contribution >= 4 is 17.5 Å². The van der Waals surface area contributed by atoms with E-state index in [1.807, 2.05) is 12.3 Å². The molecule has 3 aliphatic heterocycles. The normalized spacial score (nSPS) is 19.7. The van der Waals surface area contributed by atoms with E-state index in [4.69, 9.17) is 24.2 Å². The highest BCUT2D eigenvalue weighted by Gasteiger charge is 2.30. The molecule has 2 aromatic rings. The van der Waals surface area contributed by atoms with Crippen LogP contribution in [-0.2, 0) is 15.9 Å². The van der Waals surface area contributed by atoms with Crippen molar-refractivity contribution < 1.29 is 14.2 Å². The highest BCUT2D eigenvalue weighted by Crippen LogP contribution is 2.38. The molecule has 2 aromatic heterocycles. The third kappa shape index (κ3) is 3.30. The molecular weight excluding hydrogens is 346 g/mol. The van der Waals surface area contributed by atoms with E-state index >= 15 is 0 Å². The Kier molecular flexibility index (Phi) is 4.51. The lowest BCUT2D eigenvalue weighted by molar-refractivity contribution is -0.0515. The highest BCUT2D eigenvalue weighted by atomic mass is 16.5. The van der Waals surface area contributed by atoms with E-state index < -0.39 is 0 Å². The minimum absolute atomic E-state index is 0.457. The van der Waals surface area contributed by atoms with Gasteiger partial charge < -0.3 is 24.0 Å². The van der Waals surface area contributed by atoms with Gasteiger partial charge in [-0.05, 0) is 18.6 Å². The molecule has 142 valence electrons. The SMILES string of the molecule is c1cncc(N2CCc3c(OCC4COC4)nc(N4CCOCC4)nc32)c1. The molecule has 2 fully saturated rings. The van der Waals surface area contributed by atoms with Crippen LogP contribution in [0.3, 0.4) is 0 Å². The number of morpholine rings is 1. The molecule has 8 nitrogen and oxygen atoms in total. The molecule has 0 spiro atoms. The van der Waals surface area contributed by atoms with Crippen LogP contribution in [0, 0.1) is 5.92 Å². The average Bonchev–Trinajstić information content (AvgIpc) is 3.12. The van der Waals surface area contributed by atoms with Gasteiger partial charge in [0.15, 0.2) is 0 Å². The van der Waals surface area contributed by atoms with Gasteiger partial charge >= 0.3 is 0 Å². The number of pyridine rings is 1. The Morgan fingerprint density at radius 1 is 1.11 bits per heavy atom. The van der Waals surface area contributed by atoms with Crippen molar-refractivity contribution in [3.8, 4) is 5.88 Å². The van der Waals surface area contributed by atoms with Crippen LogP contribution < -0.4 is 14.5 Å². The highest BCUT2D eigenvalue weighted by molar-refractivity contribution is 5.69. The van der Waals surface area contributed by atoms with Crippen LogP contribution >= 0.6 is 0 Å². The standard InChI is InChI=1S/C19H23N5O3/c1-2-15(10-20-4-1)24-5-3-16-17(24)21-19(23-6-8-25-9-7-23)22-18(16)27-13-14-11-26-12-14/h1-2,4,10,14H,3,5-9,11-13H2. The Morgan fingerprint density at radius 2 is 2.00 bits per heavy atom. The fourth-order valence-corrected chi connectivity index (χ4v) is 3.58. The molecule has 0 aliphatic carbocycles. The maximum atomic E-state index is 6.14. The van der Waals surface area contributed by atoms with Gasteiger partial charge in [-0.25, -0.2) is 0 Å². The molecule has 0 saturated carbocycles. The van der Waals surface area contributed by atoms with Crippen LogP contribution in [0.4, 0.5) is 17.5 Å². The summed E-state index contributed by atoms with van der Waals surface area (Å²) in [6.45, 7) is 6.01. The zero-order valence-corrected chi connectivity index (χ0v) is 15.2. The molecule has 0 amide bonds. The molecule has 8 heteroatoms. The smallest absolute Gasteiger partial charge is 0.230 e. The monoisotopic (exact) mass is 369 g/mol. The molecular formula is C19H23N5O3. The summed E-state index contributed by atoms with van der Waals surface area (Å²) in [6.07, 6.45) is 4.52. The van der Waals surface area contributed by atoms with Gasteiger partial charge in [0.2, 0.25) is 11.8 Å². The fourth-order valence-electron chi connectivity index (χ4n) is 3.58. The van der Waals surface area contributed by atoms with E-state index in [0.717, 1.165) is 56.3 Å². The van der Waals surface area contributed by atoms with Crippen LogP contribution in [0.25, 0.3) is 0 Å². The van der Waals surface area contributed by atoms with Gasteiger partial charge in [-0.2, -0.15) is 9.97 Å². The predicted molar refractivity (Wildman–Crippen MR) is 99.8 cm³/mol. The number of rotatable bonds is 5. The van der Waals surface area contributed by atoms with E-state index in [2.05, 4.69) is 20.9 Å². The first-order valence-electron chi connectivity index (χ1n) is 9.50. The fraction of sp³-hybridized carbons (Fsp3) is 0.526. The van der Waals surface area contributed by atoms with Crippen molar-refractivity contribution in [1.29, 1.82) is 0 Å². The molecule has 5 rings (SSSR count). The number of hydrogen-bond acceptors (Lipinski definition) is 8. The van der Waals surface area contributed by atoms with Crippen molar-refractivity contribution in [2.75, 3.05) is 62.5 Å². The summed E-state index contributed by atoms with van der Waals surface area (Å²) in [5.74, 6) is 2.81. The number of anilines is 3. The molecule has 0 atom stereocenters. The second kappa shape index (κ2) is 7.28. The molecule has 0 unspecified atom stereocenters. The number of nitrogens with zero attached hydrogens (tertiary/aromatic N) is 5. The van der Waals surface area contributed by atoms with Gasteiger partial charge in [0.1, 0.15) is 5.82 Å². The molecule has 5 heterocycles. The zero-order valence-electron chi connectivity index (χ0n) is 15.2. The van der Waals surface area contributed by atoms with Crippen molar-refractivity contribution in [3.63, 3.8) is 0 Å². The van der Waals surface area contributed by atoms with Gasteiger partial charge in [0.25, 0.3) is 0 Å². The summed E-state index contributed by atoms with van der Waals surface area (Å²) < 4.78 is 16.9. The Labute approximate surface area is 158 Å². The topological polar surface area (TPSA) is 72.8 Å². The molecule has 0 bridgehead atoms. The zero-order chi connectivity index (χ0) is 18.1. The van der Waals surface area contributed by atoms with Gasteiger partial charge in [0.05, 0.1) is 50.5 Å². The van der Waals surface area contributed by atoms with Gasteiger partial charge in [-0.1, -0.05) is 0 Å². The lowest BCUT2D eigenvalue weighted by Gasteiger charge is -2.29. The van der Waals surface area contributed by atoms with E-state index in [1.165, 1.54) is 0 Å². The summed E-state index contributed by atoms with van der Waals surface area (Å²) >= 11 is 0. The second-order valence-electron chi connectivity index (χ2n) is 7.06. The van der Waals surface area contributed by atoms with Gasteiger partial charge in [0, 0.05) is 31.7 Å². The Balaban J connectivity index is 1.49. The van der Waals surface area contributed by atoms with Crippen LogP contribution in [0.2, 0.25) is 0 Å². The van der Waals surface area contributed by atoms with Crippen LogP contribution in [-0.4, -0.2) is 67.6 Å². The quantitative estimate of drug-likeness (QED) is 0.784. The first-order chi connectivity index (χ1) is 13.4. The first-order valence-corrected chi connectivity index (χ1v) is 9.50. The first kappa shape index (κ1) is 16.7. The van der Waals surface area contributed by atoms with Crippen LogP contribution in [0.15, 0.2) is 24.5 Å². The number of hydrogen-bond donors (Lipinski definition) is 0. The molecule has 0 radical (unpaired) electrons. The lowest BCUT2D eigenvalue weighted by atomic mass is 10.1. The van der Waals surface area contributed by atoms with E-state index in [9.17, 15) is 0 Å².